The maximum Gasteiger partial charge on any atom is 0.361 e. The van der Waals surface area contributed by atoms with Crippen LogP contribution in [0.25, 0.3) is 11.1 Å². The summed E-state index contributed by atoms with van der Waals surface area (Å²) in [6.45, 7) is 4.79. The first kappa shape index (κ1) is 19.6. The highest BCUT2D eigenvalue weighted by Crippen LogP contribution is 2.20. The van der Waals surface area contributed by atoms with Gasteiger partial charge in [0.25, 0.3) is 11.3 Å². The Labute approximate surface area is 164 Å². The number of anilines is 1. The molecule has 0 spiro atoms. The van der Waals surface area contributed by atoms with Crippen molar-refractivity contribution >= 4 is 40.3 Å². The number of benzene rings is 1. The van der Waals surface area contributed by atoms with Gasteiger partial charge in [-0.2, -0.15) is 4.98 Å². The Balaban J connectivity index is 1.94. The van der Waals surface area contributed by atoms with E-state index in [1.54, 1.807) is 39.0 Å². The van der Waals surface area contributed by atoms with Gasteiger partial charge in [-0.1, -0.05) is 16.8 Å². The molecule has 0 saturated carbocycles. The van der Waals surface area contributed by atoms with Crippen molar-refractivity contribution in [2.24, 2.45) is 0 Å². The molecule has 2 heterocycles. The number of ether oxygens (including phenoxy) is 1. The molecule has 0 unspecified atom stereocenters. The fourth-order valence-electron chi connectivity index (χ4n) is 2.67. The van der Waals surface area contributed by atoms with Gasteiger partial charge in [0.15, 0.2) is 0 Å². The number of nitrogens with one attached hydrogen (secondary N) is 1. The molecule has 0 saturated heterocycles. The SMILES string of the molecule is CCOC(=O)c1noc2nc(C)n(CC(=O)Nc3ccc(Cl)cc3C)c(=O)c12. The zero-order chi connectivity index (χ0) is 20.4. The summed E-state index contributed by atoms with van der Waals surface area (Å²) in [7, 11) is 0. The van der Waals surface area contributed by atoms with Crippen molar-refractivity contribution in [3.05, 3.63) is 50.7 Å². The number of halogens is 1. The molecule has 1 N–H and O–H groups in total. The number of hydrogen-bond donors (Lipinski definition) is 1. The lowest BCUT2D eigenvalue weighted by Crippen LogP contribution is -2.30. The van der Waals surface area contributed by atoms with Crippen molar-refractivity contribution < 1.29 is 18.8 Å². The summed E-state index contributed by atoms with van der Waals surface area (Å²) in [6.07, 6.45) is 0. The first-order valence-electron chi connectivity index (χ1n) is 8.41. The number of aromatic nitrogens is 3. The number of hydrogen-bond acceptors (Lipinski definition) is 7. The fraction of sp³-hybridized carbons (Fsp3) is 0.278. The van der Waals surface area contributed by atoms with Gasteiger partial charge in [0.1, 0.15) is 17.8 Å². The van der Waals surface area contributed by atoms with Crippen molar-refractivity contribution in [3.63, 3.8) is 0 Å². The standard InChI is InChI=1S/C18H17ClN4O5/c1-4-27-18(26)15-14-16(28-22-15)20-10(3)23(17(14)25)8-13(24)21-12-6-5-11(19)7-9(12)2/h5-7H,4,8H2,1-3H3,(H,21,24). The third-order valence-electron chi connectivity index (χ3n) is 4.02. The maximum absolute atomic E-state index is 12.9. The minimum atomic E-state index is -0.795. The second kappa shape index (κ2) is 7.81. The van der Waals surface area contributed by atoms with Crippen LogP contribution in [0.5, 0.6) is 0 Å². The van der Waals surface area contributed by atoms with Crippen molar-refractivity contribution in [2.45, 2.75) is 27.3 Å². The summed E-state index contributed by atoms with van der Waals surface area (Å²) >= 11 is 5.91. The number of carbonyl (C=O) groups excluding carboxylic acids is 2. The van der Waals surface area contributed by atoms with E-state index in [-0.39, 0.29) is 35.8 Å². The fourth-order valence-corrected chi connectivity index (χ4v) is 2.89. The van der Waals surface area contributed by atoms with E-state index in [1.807, 2.05) is 0 Å². The average molecular weight is 405 g/mol. The molecule has 10 heteroatoms. The quantitative estimate of drug-likeness (QED) is 0.649. The van der Waals surface area contributed by atoms with E-state index in [1.165, 1.54) is 0 Å². The van der Waals surface area contributed by atoms with E-state index in [0.717, 1.165) is 10.1 Å². The van der Waals surface area contributed by atoms with Crippen LogP contribution >= 0.6 is 11.6 Å². The topological polar surface area (TPSA) is 116 Å². The van der Waals surface area contributed by atoms with E-state index in [0.29, 0.717) is 10.7 Å². The molecule has 0 bridgehead atoms. The van der Waals surface area contributed by atoms with E-state index in [2.05, 4.69) is 15.5 Å². The van der Waals surface area contributed by atoms with Gasteiger partial charge in [0, 0.05) is 10.7 Å². The number of esters is 1. The molecular formula is C18H17ClN4O5. The monoisotopic (exact) mass is 404 g/mol. The summed E-state index contributed by atoms with van der Waals surface area (Å²) < 4.78 is 11.0. The van der Waals surface area contributed by atoms with E-state index in [4.69, 9.17) is 20.9 Å². The number of fused-ring (bicyclic) bond motifs is 1. The Morgan fingerprint density at radius 1 is 1.32 bits per heavy atom. The van der Waals surface area contributed by atoms with Gasteiger partial charge >= 0.3 is 5.97 Å². The Kier molecular flexibility index (Phi) is 5.46. The number of carbonyl (C=O) groups is 2. The molecule has 1 aromatic carbocycles. The normalized spacial score (nSPS) is 10.9. The third kappa shape index (κ3) is 3.74. The van der Waals surface area contributed by atoms with Crippen LogP contribution in [0.4, 0.5) is 5.69 Å². The number of amides is 1. The summed E-state index contributed by atoms with van der Waals surface area (Å²) in [4.78, 5) is 41.4. The molecule has 146 valence electrons. The van der Waals surface area contributed by atoms with E-state index in [9.17, 15) is 14.4 Å². The van der Waals surface area contributed by atoms with E-state index >= 15 is 0 Å². The molecule has 3 aromatic rings. The summed E-state index contributed by atoms with van der Waals surface area (Å²) in [5.74, 6) is -0.991. The Morgan fingerprint density at radius 2 is 2.07 bits per heavy atom. The molecule has 28 heavy (non-hydrogen) atoms. The van der Waals surface area contributed by atoms with Gasteiger partial charge in [-0.3, -0.25) is 14.2 Å². The molecule has 0 aliphatic carbocycles. The molecule has 0 aliphatic heterocycles. The Bertz CT molecular complexity index is 1130. The highest BCUT2D eigenvalue weighted by molar-refractivity contribution is 6.30. The van der Waals surface area contributed by atoms with Gasteiger partial charge in [-0.25, -0.2) is 4.79 Å². The third-order valence-corrected chi connectivity index (χ3v) is 4.26. The van der Waals surface area contributed by atoms with Crippen LogP contribution in [0, 0.1) is 13.8 Å². The Morgan fingerprint density at radius 3 is 2.75 bits per heavy atom. The molecule has 0 atom stereocenters. The van der Waals surface area contributed by atoms with Crippen LogP contribution in [-0.2, 0) is 16.1 Å². The molecule has 0 aliphatic rings. The lowest BCUT2D eigenvalue weighted by molar-refractivity contribution is -0.116. The van der Waals surface area contributed by atoms with Crippen LogP contribution < -0.4 is 10.9 Å². The van der Waals surface area contributed by atoms with E-state index < -0.39 is 17.4 Å². The lowest BCUT2D eigenvalue weighted by atomic mass is 10.2. The molecule has 2 aromatic heterocycles. The average Bonchev–Trinajstić information content (AvgIpc) is 3.05. The minimum absolute atomic E-state index is 0.0873. The highest BCUT2D eigenvalue weighted by atomic mass is 35.5. The van der Waals surface area contributed by atoms with Crippen LogP contribution in [0.3, 0.4) is 0 Å². The van der Waals surface area contributed by atoms with Crippen LogP contribution in [0.2, 0.25) is 5.02 Å². The second-order valence-electron chi connectivity index (χ2n) is 5.99. The minimum Gasteiger partial charge on any atom is -0.461 e. The van der Waals surface area contributed by atoms with Gasteiger partial charge in [0.05, 0.1) is 6.61 Å². The molecule has 9 nitrogen and oxygen atoms in total. The van der Waals surface area contributed by atoms with Gasteiger partial charge < -0.3 is 14.6 Å². The molecule has 0 radical (unpaired) electrons. The van der Waals surface area contributed by atoms with Gasteiger partial charge in [-0.05, 0) is 44.5 Å². The first-order valence-corrected chi connectivity index (χ1v) is 8.79. The summed E-state index contributed by atoms with van der Waals surface area (Å²) in [5, 5.41) is 6.74. The molecule has 1 amide bonds. The molecule has 0 fully saturated rings. The molecule has 3 rings (SSSR count). The van der Waals surface area contributed by atoms with Crippen LogP contribution in [0.1, 0.15) is 28.8 Å². The predicted molar refractivity (Wildman–Crippen MR) is 102 cm³/mol. The smallest absolute Gasteiger partial charge is 0.361 e. The van der Waals surface area contributed by atoms with Crippen LogP contribution in [0.15, 0.2) is 27.5 Å². The largest absolute Gasteiger partial charge is 0.461 e. The Hall–Kier alpha value is -3.20. The van der Waals surface area contributed by atoms with Crippen molar-refractivity contribution in [1.29, 1.82) is 0 Å². The van der Waals surface area contributed by atoms with Crippen molar-refractivity contribution in [1.82, 2.24) is 14.7 Å². The molecular weight excluding hydrogens is 388 g/mol. The lowest BCUT2D eigenvalue weighted by Gasteiger charge is -2.11. The van der Waals surface area contributed by atoms with Crippen LogP contribution in [-0.4, -0.2) is 33.2 Å². The van der Waals surface area contributed by atoms with Crippen molar-refractivity contribution in [3.8, 4) is 0 Å². The second-order valence-corrected chi connectivity index (χ2v) is 6.43. The van der Waals surface area contributed by atoms with Gasteiger partial charge in [0.2, 0.25) is 11.6 Å². The highest BCUT2D eigenvalue weighted by Gasteiger charge is 2.24. The van der Waals surface area contributed by atoms with Gasteiger partial charge in [-0.15, -0.1) is 0 Å². The summed E-state index contributed by atoms with van der Waals surface area (Å²) in [5.41, 5.74) is 0.385. The number of rotatable bonds is 5. The zero-order valence-corrected chi connectivity index (χ0v) is 16.2. The number of nitrogens with zero attached hydrogens (tertiary/aromatic N) is 3. The number of aryl methyl sites for hydroxylation is 2. The van der Waals surface area contributed by atoms with Crippen molar-refractivity contribution in [2.75, 3.05) is 11.9 Å². The maximum atomic E-state index is 12.9. The predicted octanol–water partition coefficient (Wildman–Crippen LogP) is 2.47. The summed E-state index contributed by atoms with van der Waals surface area (Å²) in [6, 6.07) is 5.04. The first-order chi connectivity index (χ1) is 13.3. The zero-order valence-electron chi connectivity index (χ0n) is 15.4.